The zero-order valence-corrected chi connectivity index (χ0v) is 26.1. The first kappa shape index (κ1) is 28.9. The van der Waals surface area contributed by atoms with E-state index in [1.54, 1.807) is 24.2 Å². The summed E-state index contributed by atoms with van der Waals surface area (Å²) in [4.78, 5) is 50.4. The average Bonchev–Trinajstić information content (AvgIpc) is 3.93. The maximum atomic E-state index is 12.6. The monoisotopic (exact) mass is 618 g/mol. The number of para-hydroxylation sites is 2. The fourth-order valence-electron chi connectivity index (χ4n) is 7.82. The quantitative estimate of drug-likeness (QED) is 0.183. The van der Waals surface area contributed by atoms with E-state index >= 15 is 0 Å². The van der Waals surface area contributed by atoms with Gasteiger partial charge in [-0.15, -0.1) is 10.1 Å². The first-order valence-corrected chi connectivity index (χ1v) is 16.2. The Morgan fingerprint density at radius 2 is 1.15 bits per heavy atom. The van der Waals surface area contributed by atoms with Crippen molar-refractivity contribution in [1.82, 2.24) is 20.1 Å². The van der Waals surface area contributed by atoms with E-state index in [1.807, 2.05) is 48.8 Å². The molecule has 0 bridgehead atoms. The molecule has 6 atom stereocenters. The van der Waals surface area contributed by atoms with E-state index < -0.39 is 11.9 Å². The summed E-state index contributed by atoms with van der Waals surface area (Å²) in [6.07, 6.45) is 10.6. The van der Waals surface area contributed by atoms with Crippen molar-refractivity contribution in [1.29, 1.82) is 0 Å². The summed E-state index contributed by atoms with van der Waals surface area (Å²) in [7, 11) is 3.50. The number of carbonyl (C=O) groups is 2. The van der Waals surface area contributed by atoms with Crippen molar-refractivity contribution in [2.75, 3.05) is 37.0 Å². The molecule has 2 aliphatic heterocycles. The number of hydrogen-bond donors (Lipinski definition) is 0. The van der Waals surface area contributed by atoms with Gasteiger partial charge in [0.15, 0.2) is 0 Å². The molecule has 46 heavy (non-hydrogen) atoms. The fraction of sp³-hybridized carbons (Fsp3) is 0.389. The minimum Gasteiger partial charge on any atom is -0.365 e. The van der Waals surface area contributed by atoms with E-state index in [9.17, 15) is 9.59 Å². The van der Waals surface area contributed by atoms with Gasteiger partial charge in [0.25, 0.3) is 0 Å². The van der Waals surface area contributed by atoms with Gasteiger partial charge in [-0.3, -0.25) is 9.97 Å². The Labute approximate surface area is 268 Å². The zero-order chi connectivity index (χ0) is 31.4. The molecule has 2 saturated carbocycles. The lowest BCUT2D eigenvalue weighted by molar-refractivity contribution is -0.181. The van der Waals surface area contributed by atoms with Crippen LogP contribution in [0.15, 0.2) is 85.2 Å². The Kier molecular flexibility index (Phi) is 7.33. The van der Waals surface area contributed by atoms with Gasteiger partial charge in [-0.1, -0.05) is 36.4 Å². The highest BCUT2D eigenvalue weighted by atomic mass is 16.7. The summed E-state index contributed by atoms with van der Waals surface area (Å²) in [5.74, 6) is 0.0993. The molecule has 0 spiro atoms. The number of fused-ring (bicyclic) bond motifs is 4. The number of piperidine rings is 2. The number of anilines is 2. The lowest BCUT2D eigenvalue weighted by Gasteiger charge is -2.32. The highest BCUT2D eigenvalue weighted by Gasteiger charge is 2.53. The molecule has 10 nitrogen and oxygen atoms in total. The molecule has 4 fully saturated rings. The second-order valence-electron chi connectivity index (χ2n) is 13.3. The van der Waals surface area contributed by atoms with Crippen molar-refractivity contribution in [2.45, 2.75) is 49.9 Å². The molecule has 0 amide bonds. The molecule has 6 unspecified atom stereocenters. The van der Waals surface area contributed by atoms with Crippen LogP contribution in [0.3, 0.4) is 0 Å². The van der Waals surface area contributed by atoms with Crippen LogP contribution in [0.25, 0.3) is 21.8 Å². The predicted molar refractivity (Wildman–Crippen MR) is 176 cm³/mol. The van der Waals surface area contributed by atoms with Crippen molar-refractivity contribution < 1.29 is 19.3 Å². The van der Waals surface area contributed by atoms with Crippen molar-refractivity contribution in [3.63, 3.8) is 0 Å². The summed E-state index contributed by atoms with van der Waals surface area (Å²) in [5.41, 5.74) is 4.17. The van der Waals surface area contributed by atoms with E-state index in [-0.39, 0.29) is 12.1 Å². The van der Waals surface area contributed by atoms with Crippen molar-refractivity contribution >= 4 is 45.1 Å². The SMILES string of the molecule is CN(CC1CC2CC2N1c1cnc2ccccc2c1)OC(=O)/C=C/C(=O)ON(C)CC1CC2CC2N1c1cnc2ccccc2c1. The topological polar surface area (TPSA) is 91.3 Å². The third-order valence-electron chi connectivity index (χ3n) is 9.95. The Morgan fingerprint density at radius 1 is 0.717 bits per heavy atom. The molecule has 2 aromatic heterocycles. The molecule has 4 aliphatic rings. The van der Waals surface area contributed by atoms with Crippen LogP contribution in [0.4, 0.5) is 11.4 Å². The number of hydrogen-bond acceptors (Lipinski definition) is 10. The van der Waals surface area contributed by atoms with Gasteiger partial charge >= 0.3 is 11.9 Å². The second kappa shape index (κ2) is 11.7. The third kappa shape index (κ3) is 5.78. The van der Waals surface area contributed by atoms with Crippen LogP contribution in [0, 0.1) is 11.8 Å². The average molecular weight is 619 g/mol. The van der Waals surface area contributed by atoms with Crippen LogP contribution >= 0.6 is 0 Å². The van der Waals surface area contributed by atoms with Gasteiger partial charge < -0.3 is 19.5 Å². The standard InChI is InChI=1S/C36H38N6O4/c1-39(21-29-15-25-17-33(25)41(29)27-13-23-7-3-5-9-31(23)37-19-27)45-35(43)11-12-36(44)46-40(2)22-30-16-26-18-34(26)42(30)28-14-24-8-4-6-10-32(24)38-20-28/h3-14,19-20,25-26,29-30,33-34H,15-18,21-22H2,1-2H3/b12-11+. The van der Waals surface area contributed by atoms with E-state index in [4.69, 9.17) is 9.68 Å². The molecule has 10 heteroatoms. The predicted octanol–water partition coefficient (Wildman–Crippen LogP) is 4.75. The number of nitrogens with zero attached hydrogens (tertiary/aromatic N) is 6. The summed E-state index contributed by atoms with van der Waals surface area (Å²) in [5, 5.41) is 5.35. The lowest BCUT2D eigenvalue weighted by Crippen LogP contribution is -2.42. The van der Waals surface area contributed by atoms with Gasteiger partial charge in [0.2, 0.25) is 0 Å². The third-order valence-corrected chi connectivity index (χ3v) is 9.95. The van der Waals surface area contributed by atoms with Gasteiger partial charge in [-0.05, 0) is 61.8 Å². The summed E-state index contributed by atoms with van der Waals surface area (Å²) < 4.78 is 0. The number of likely N-dealkylation sites (N-methyl/N-ethyl adjacent to an activating group) is 2. The van der Waals surface area contributed by atoms with Gasteiger partial charge in [-0.25, -0.2) is 9.59 Å². The molecule has 2 aliphatic carbocycles. The number of benzene rings is 2. The molecular formula is C36H38N6O4. The maximum Gasteiger partial charge on any atom is 0.349 e. The number of pyridine rings is 2. The number of carbonyl (C=O) groups excluding carboxylic acids is 2. The second-order valence-corrected chi connectivity index (χ2v) is 13.3. The minimum atomic E-state index is -0.616. The van der Waals surface area contributed by atoms with Gasteiger partial charge in [0.05, 0.1) is 47.9 Å². The zero-order valence-electron chi connectivity index (χ0n) is 26.1. The molecule has 2 aromatic carbocycles. The van der Waals surface area contributed by atoms with E-state index in [0.29, 0.717) is 37.0 Å². The van der Waals surface area contributed by atoms with E-state index in [0.717, 1.165) is 58.2 Å². The van der Waals surface area contributed by atoms with Crippen molar-refractivity contribution in [3.05, 3.63) is 85.2 Å². The molecule has 4 aromatic rings. The van der Waals surface area contributed by atoms with E-state index in [2.05, 4.69) is 44.0 Å². The lowest BCUT2D eigenvalue weighted by atomic mass is 10.1. The van der Waals surface area contributed by atoms with E-state index in [1.165, 1.54) is 12.8 Å². The molecule has 0 N–H and O–H groups in total. The van der Waals surface area contributed by atoms with Crippen molar-refractivity contribution in [3.8, 4) is 0 Å². The first-order valence-electron chi connectivity index (χ1n) is 16.2. The first-order chi connectivity index (χ1) is 22.4. The summed E-state index contributed by atoms with van der Waals surface area (Å²) in [6, 6.07) is 22.1. The van der Waals surface area contributed by atoms with Crippen LogP contribution in [0.1, 0.15) is 25.7 Å². The van der Waals surface area contributed by atoms with Gasteiger partial charge in [-0.2, -0.15) is 0 Å². The van der Waals surface area contributed by atoms with Gasteiger partial charge in [0.1, 0.15) is 0 Å². The van der Waals surface area contributed by atoms with Gasteiger partial charge in [0, 0.05) is 61.2 Å². The van der Waals surface area contributed by atoms with Crippen LogP contribution in [0.5, 0.6) is 0 Å². The Balaban J connectivity index is 0.829. The molecule has 0 radical (unpaired) electrons. The molecule has 2 saturated heterocycles. The van der Waals surface area contributed by atoms with Crippen molar-refractivity contribution in [2.24, 2.45) is 11.8 Å². The summed E-state index contributed by atoms with van der Waals surface area (Å²) >= 11 is 0. The van der Waals surface area contributed by atoms with Crippen LogP contribution in [-0.4, -0.2) is 83.4 Å². The summed E-state index contributed by atoms with van der Waals surface area (Å²) in [6.45, 7) is 1.11. The maximum absolute atomic E-state index is 12.6. The minimum absolute atomic E-state index is 0.207. The highest BCUT2D eigenvalue weighted by Crippen LogP contribution is 2.51. The Morgan fingerprint density at radius 3 is 1.61 bits per heavy atom. The molecule has 4 heterocycles. The molecular weight excluding hydrogens is 580 g/mol. The molecule has 236 valence electrons. The fourth-order valence-corrected chi connectivity index (χ4v) is 7.82. The van der Waals surface area contributed by atoms with Crippen LogP contribution in [0.2, 0.25) is 0 Å². The largest absolute Gasteiger partial charge is 0.365 e. The molecule has 8 rings (SSSR count). The van der Waals surface area contributed by atoms with Crippen LogP contribution in [-0.2, 0) is 19.3 Å². The number of hydroxylamine groups is 4. The van der Waals surface area contributed by atoms with Crippen LogP contribution < -0.4 is 9.80 Å². The Hall–Kier alpha value is -4.54. The smallest absolute Gasteiger partial charge is 0.349 e. The Bertz CT molecular complexity index is 1700. The number of aromatic nitrogens is 2. The highest BCUT2D eigenvalue weighted by molar-refractivity contribution is 5.91. The number of rotatable bonds is 10. The normalized spacial score (nSPS) is 26.3.